The van der Waals surface area contributed by atoms with Crippen LogP contribution in [0.4, 0.5) is 0 Å². The number of ether oxygens (including phenoxy) is 1. The van der Waals surface area contributed by atoms with Crippen molar-refractivity contribution in [1.29, 1.82) is 0 Å². The Bertz CT molecular complexity index is 1720. The number of fused-ring (bicyclic) bond motifs is 1. The predicted octanol–water partition coefficient (Wildman–Crippen LogP) is 5.70. The summed E-state index contributed by atoms with van der Waals surface area (Å²) in [4.78, 5) is 30.9. The molecule has 0 saturated carbocycles. The van der Waals surface area contributed by atoms with Crippen molar-refractivity contribution >= 4 is 23.0 Å². The van der Waals surface area contributed by atoms with Crippen LogP contribution in [0.15, 0.2) is 71.7 Å². The average molecular weight is 513 g/mol. The first kappa shape index (κ1) is 24.5. The van der Waals surface area contributed by atoms with E-state index in [9.17, 15) is 9.59 Å². The number of benzene rings is 2. The number of hydrogen-bond donors (Lipinski definition) is 0. The van der Waals surface area contributed by atoms with Gasteiger partial charge in [0.25, 0.3) is 5.56 Å². The minimum Gasteiger partial charge on any atom is -0.482 e. The van der Waals surface area contributed by atoms with Gasteiger partial charge in [-0.3, -0.25) is 14.0 Å². The molecule has 0 aliphatic carbocycles. The molecule has 0 amide bonds. The maximum absolute atomic E-state index is 13.6. The van der Waals surface area contributed by atoms with Crippen LogP contribution in [0.25, 0.3) is 22.6 Å². The van der Waals surface area contributed by atoms with Gasteiger partial charge in [-0.25, -0.2) is 9.67 Å². The van der Waals surface area contributed by atoms with E-state index in [1.807, 2.05) is 57.2 Å². The summed E-state index contributed by atoms with van der Waals surface area (Å²) in [6.45, 7) is 7.47. The Morgan fingerprint density at radius 2 is 1.76 bits per heavy atom. The smallest absolute Gasteiger partial charge is 0.267 e. The summed E-state index contributed by atoms with van der Waals surface area (Å²) >= 11 is 6.22. The fraction of sp³-hybridized carbons (Fsp3) is 0.172. The van der Waals surface area contributed by atoms with Crippen LogP contribution in [0.1, 0.15) is 32.9 Å². The number of rotatable bonds is 6. The Hall–Kier alpha value is -4.23. The number of nitrogens with zero attached hydrogens (tertiary/aromatic N) is 4. The molecule has 0 bridgehead atoms. The number of carbonyl (C=O) groups excluding carboxylic acids is 1. The Morgan fingerprint density at radius 3 is 2.51 bits per heavy atom. The topological polar surface area (TPSA) is 78.5 Å². The highest BCUT2D eigenvalue weighted by atomic mass is 35.5. The Kier molecular flexibility index (Phi) is 6.39. The van der Waals surface area contributed by atoms with E-state index in [4.69, 9.17) is 21.4 Å². The van der Waals surface area contributed by atoms with Crippen LogP contribution >= 0.6 is 11.6 Å². The first-order valence-corrected chi connectivity index (χ1v) is 12.2. The number of halogens is 1. The lowest BCUT2D eigenvalue weighted by Gasteiger charge is -2.11. The third-order valence-corrected chi connectivity index (χ3v) is 6.51. The van der Waals surface area contributed by atoms with Crippen LogP contribution in [-0.2, 0) is 0 Å². The zero-order valence-electron chi connectivity index (χ0n) is 20.9. The molecule has 3 aromatic heterocycles. The summed E-state index contributed by atoms with van der Waals surface area (Å²) in [6, 6.07) is 18.2. The molecule has 37 heavy (non-hydrogen) atoms. The molecule has 186 valence electrons. The third kappa shape index (κ3) is 4.66. The minimum absolute atomic E-state index is 0.157. The normalized spacial score (nSPS) is 11.2. The molecular formula is C29H25ClN4O3. The van der Waals surface area contributed by atoms with E-state index >= 15 is 0 Å². The van der Waals surface area contributed by atoms with E-state index in [0.717, 1.165) is 22.5 Å². The third-order valence-electron chi connectivity index (χ3n) is 6.27. The van der Waals surface area contributed by atoms with E-state index in [1.54, 1.807) is 42.1 Å². The van der Waals surface area contributed by atoms with Crippen LogP contribution in [0, 0.1) is 27.7 Å². The molecule has 0 N–H and O–H groups in total. The summed E-state index contributed by atoms with van der Waals surface area (Å²) in [6.07, 6.45) is 1.63. The van der Waals surface area contributed by atoms with Crippen molar-refractivity contribution in [3.8, 4) is 22.7 Å². The van der Waals surface area contributed by atoms with Gasteiger partial charge in [-0.05, 0) is 63.6 Å². The standard InChI is InChI=1S/C29H25ClN4O3/c1-17-7-10-21(11-8-17)25(35)16-37-26-6-5-13-33-28(26)31-20(4)27(29(33)36)23-14-19(3)34(32-23)24-15-22(30)12-9-18(24)2/h5-15H,16H2,1-4H3. The number of ketones is 1. The van der Waals surface area contributed by atoms with Gasteiger partial charge in [0, 0.05) is 22.5 Å². The van der Waals surface area contributed by atoms with Crippen molar-refractivity contribution in [2.24, 2.45) is 0 Å². The first-order valence-electron chi connectivity index (χ1n) is 11.8. The van der Waals surface area contributed by atoms with Crippen LogP contribution in [0.5, 0.6) is 5.75 Å². The van der Waals surface area contributed by atoms with Gasteiger partial charge in [0.2, 0.25) is 0 Å². The number of aromatic nitrogens is 4. The van der Waals surface area contributed by atoms with Gasteiger partial charge in [0.15, 0.2) is 23.8 Å². The van der Waals surface area contributed by atoms with Gasteiger partial charge in [-0.15, -0.1) is 0 Å². The second-order valence-corrected chi connectivity index (χ2v) is 9.47. The molecule has 0 atom stereocenters. The van der Waals surface area contributed by atoms with Gasteiger partial charge < -0.3 is 4.74 Å². The van der Waals surface area contributed by atoms with Crippen LogP contribution in [0.2, 0.25) is 5.02 Å². The van der Waals surface area contributed by atoms with Gasteiger partial charge in [0.05, 0.1) is 16.9 Å². The van der Waals surface area contributed by atoms with Crippen LogP contribution < -0.4 is 10.3 Å². The fourth-order valence-electron chi connectivity index (χ4n) is 4.27. The van der Waals surface area contributed by atoms with Gasteiger partial charge in [-0.1, -0.05) is 47.5 Å². The largest absolute Gasteiger partial charge is 0.482 e. The maximum Gasteiger partial charge on any atom is 0.267 e. The molecule has 0 spiro atoms. The van der Waals surface area contributed by atoms with Crippen LogP contribution in [-0.4, -0.2) is 31.6 Å². The van der Waals surface area contributed by atoms with Crippen molar-refractivity contribution in [1.82, 2.24) is 19.2 Å². The van der Waals surface area contributed by atoms with Crippen LogP contribution in [0.3, 0.4) is 0 Å². The lowest BCUT2D eigenvalue weighted by molar-refractivity contribution is 0.0922. The van der Waals surface area contributed by atoms with Gasteiger partial charge >= 0.3 is 0 Å². The van der Waals surface area contributed by atoms with E-state index in [-0.39, 0.29) is 17.9 Å². The van der Waals surface area contributed by atoms with Crippen molar-refractivity contribution in [2.45, 2.75) is 27.7 Å². The van der Waals surface area contributed by atoms with E-state index in [1.165, 1.54) is 4.40 Å². The van der Waals surface area contributed by atoms with Gasteiger partial charge in [-0.2, -0.15) is 5.10 Å². The Morgan fingerprint density at radius 1 is 1.00 bits per heavy atom. The Balaban J connectivity index is 1.51. The van der Waals surface area contributed by atoms with E-state index in [2.05, 4.69) is 4.98 Å². The second kappa shape index (κ2) is 9.67. The Labute approximate surface area is 218 Å². The summed E-state index contributed by atoms with van der Waals surface area (Å²) in [5, 5.41) is 5.34. The second-order valence-electron chi connectivity index (χ2n) is 9.03. The number of aryl methyl sites for hydroxylation is 4. The average Bonchev–Trinajstić information content (AvgIpc) is 3.25. The highest BCUT2D eigenvalue weighted by Crippen LogP contribution is 2.26. The molecule has 0 aliphatic rings. The highest BCUT2D eigenvalue weighted by molar-refractivity contribution is 6.30. The van der Waals surface area contributed by atoms with Crippen molar-refractivity contribution in [3.63, 3.8) is 0 Å². The minimum atomic E-state index is -0.273. The molecule has 2 aromatic carbocycles. The quantitative estimate of drug-likeness (QED) is 0.273. The highest BCUT2D eigenvalue weighted by Gasteiger charge is 2.19. The molecule has 0 unspecified atom stereocenters. The monoisotopic (exact) mass is 512 g/mol. The maximum atomic E-state index is 13.6. The fourth-order valence-corrected chi connectivity index (χ4v) is 4.43. The summed E-state index contributed by atoms with van der Waals surface area (Å²) in [5.74, 6) is 0.195. The lowest BCUT2D eigenvalue weighted by atomic mass is 10.1. The van der Waals surface area contributed by atoms with Crippen molar-refractivity contribution in [2.75, 3.05) is 6.61 Å². The molecular weight excluding hydrogens is 488 g/mol. The molecule has 0 saturated heterocycles. The zero-order chi connectivity index (χ0) is 26.3. The summed E-state index contributed by atoms with van der Waals surface area (Å²) in [5.41, 5.74) is 5.84. The molecule has 5 aromatic rings. The van der Waals surface area contributed by atoms with Gasteiger partial charge in [0.1, 0.15) is 5.69 Å². The number of Topliss-reactive ketones (excluding diaryl/α,β-unsaturated/α-hetero) is 1. The number of carbonyl (C=O) groups is 1. The molecule has 7 nitrogen and oxygen atoms in total. The predicted molar refractivity (Wildman–Crippen MR) is 144 cm³/mol. The van der Waals surface area contributed by atoms with E-state index in [0.29, 0.717) is 38.9 Å². The van der Waals surface area contributed by atoms with E-state index < -0.39 is 0 Å². The molecule has 3 heterocycles. The summed E-state index contributed by atoms with van der Waals surface area (Å²) in [7, 11) is 0. The molecule has 0 radical (unpaired) electrons. The van der Waals surface area contributed by atoms with Crippen molar-refractivity contribution in [3.05, 3.63) is 110 Å². The van der Waals surface area contributed by atoms with Crippen molar-refractivity contribution < 1.29 is 9.53 Å². The lowest BCUT2D eigenvalue weighted by Crippen LogP contribution is -2.20. The zero-order valence-corrected chi connectivity index (χ0v) is 21.7. The molecule has 0 aliphatic heterocycles. The SMILES string of the molecule is Cc1ccc(C(=O)COc2cccn3c(=O)c(-c4cc(C)n(-c5cc(Cl)ccc5C)n4)c(C)nc23)cc1. The number of pyridine rings is 1. The molecule has 8 heteroatoms. The number of hydrogen-bond acceptors (Lipinski definition) is 5. The molecule has 5 rings (SSSR count). The first-order chi connectivity index (χ1) is 17.7. The summed E-state index contributed by atoms with van der Waals surface area (Å²) < 4.78 is 9.02. The molecule has 0 fully saturated rings.